The molecule has 140 valence electrons. The van der Waals surface area contributed by atoms with Crippen LogP contribution in [-0.2, 0) is 20.8 Å². The number of carbonyl (C=O) groups is 1. The number of hydrogen-bond donors (Lipinski definition) is 0. The maximum absolute atomic E-state index is 13.1. The van der Waals surface area contributed by atoms with Crippen molar-refractivity contribution in [3.63, 3.8) is 0 Å². The molecule has 0 bridgehead atoms. The predicted octanol–water partition coefficient (Wildman–Crippen LogP) is 3.03. The van der Waals surface area contributed by atoms with Gasteiger partial charge in [0, 0.05) is 18.9 Å². The third-order valence-corrected chi connectivity index (χ3v) is 5.29. The van der Waals surface area contributed by atoms with Gasteiger partial charge in [-0.15, -0.1) is 0 Å². The third-order valence-electron chi connectivity index (χ3n) is 4.27. The van der Waals surface area contributed by atoms with Crippen molar-refractivity contribution < 1.29 is 14.3 Å². The van der Waals surface area contributed by atoms with E-state index in [2.05, 4.69) is 24.2 Å². The molecule has 0 N–H and O–H groups in total. The normalized spacial score (nSPS) is 13.8. The van der Waals surface area contributed by atoms with Crippen molar-refractivity contribution in [1.82, 2.24) is 14.8 Å². The molecule has 3 heterocycles. The molecule has 1 amide bonds. The van der Waals surface area contributed by atoms with Gasteiger partial charge in [-0.3, -0.25) is 14.4 Å². The molecule has 0 radical (unpaired) electrons. The topological polar surface area (TPSA) is 69.5 Å². The van der Waals surface area contributed by atoms with Crippen molar-refractivity contribution in [1.29, 1.82) is 0 Å². The average Bonchev–Trinajstić information content (AvgIpc) is 3.32. The van der Waals surface area contributed by atoms with Gasteiger partial charge in [0.05, 0.1) is 16.8 Å². The molecule has 8 heteroatoms. The highest BCUT2D eigenvalue weighted by atomic mass is 32.1. The fraction of sp³-hybridized carbons (Fsp3) is 0.316. The van der Waals surface area contributed by atoms with E-state index in [4.69, 9.17) is 14.5 Å². The summed E-state index contributed by atoms with van der Waals surface area (Å²) in [5, 5.41) is 4.86. The molecule has 0 fully saturated rings. The lowest BCUT2D eigenvalue weighted by Gasteiger charge is -2.23. The molecule has 1 aromatic carbocycles. The molecular formula is C19H20N4O3S. The van der Waals surface area contributed by atoms with Crippen molar-refractivity contribution in [2.75, 3.05) is 24.7 Å². The predicted molar refractivity (Wildman–Crippen MR) is 104 cm³/mol. The summed E-state index contributed by atoms with van der Waals surface area (Å²) >= 11 is 1.50. The van der Waals surface area contributed by atoms with Gasteiger partial charge >= 0.3 is 0 Å². The molecule has 3 aromatic rings. The molecule has 1 aliphatic rings. The Balaban J connectivity index is 1.69. The smallest absolute Gasteiger partial charge is 0.298 e. The highest BCUT2D eigenvalue weighted by molar-refractivity contribution is 7.22. The van der Waals surface area contributed by atoms with Crippen molar-refractivity contribution in [2.24, 2.45) is 0 Å². The molecule has 0 saturated carbocycles. The number of aryl methyl sites for hydroxylation is 2. The van der Waals surface area contributed by atoms with E-state index in [-0.39, 0.29) is 11.7 Å². The molecule has 0 atom stereocenters. The number of ether oxygens (including phenoxy) is 2. The minimum Gasteiger partial charge on any atom is -0.494 e. The van der Waals surface area contributed by atoms with Crippen LogP contribution >= 0.6 is 11.3 Å². The highest BCUT2D eigenvalue weighted by Crippen LogP contribution is 2.32. The highest BCUT2D eigenvalue weighted by Gasteiger charge is 2.26. The van der Waals surface area contributed by atoms with Crippen LogP contribution in [0.25, 0.3) is 10.2 Å². The van der Waals surface area contributed by atoms with E-state index in [0.29, 0.717) is 31.4 Å². The van der Waals surface area contributed by atoms with Crippen LogP contribution in [0.5, 0.6) is 0 Å². The summed E-state index contributed by atoms with van der Waals surface area (Å²) in [5.74, 6) is -0.0517. The Hall–Kier alpha value is -2.87. The lowest BCUT2D eigenvalue weighted by Crippen LogP contribution is -2.36. The zero-order chi connectivity index (χ0) is 18.8. The van der Waals surface area contributed by atoms with Crippen LogP contribution in [0, 0.1) is 13.8 Å². The first kappa shape index (κ1) is 17.5. The average molecular weight is 384 g/mol. The Morgan fingerprint density at radius 3 is 2.96 bits per heavy atom. The maximum Gasteiger partial charge on any atom is 0.298 e. The number of rotatable bonds is 5. The first-order valence-corrected chi connectivity index (χ1v) is 9.55. The number of amides is 1. The first-order valence-electron chi connectivity index (χ1n) is 8.73. The van der Waals surface area contributed by atoms with E-state index in [1.807, 2.05) is 19.2 Å². The minimum absolute atomic E-state index is 0.203. The zero-order valence-electron chi connectivity index (χ0n) is 15.2. The van der Waals surface area contributed by atoms with Gasteiger partial charge in [0.1, 0.15) is 19.5 Å². The molecule has 0 aliphatic carbocycles. The lowest BCUT2D eigenvalue weighted by atomic mass is 10.1. The van der Waals surface area contributed by atoms with Gasteiger partial charge < -0.3 is 9.47 Å². The van der Waals surface area contributed by atoms with E-state index in [1.54, 1.807) is 15.8 Å². The number of anilines is 1. The second-order valence-corrected chi connectivity index (χ2v) is 7.36. The second-order valence-electron chi connectivity index (χ2n) is 6.35. The number of nitrogens with zero attached hydrogens (tertiary/aromatic N) is 4. The summed E-state index contributed by atoms with van der Waals surface area (Å²) in [6.07, 6.45) is 4.97. The van der Waals surface area contributed by atoms with E-state index in [0.717, 1.165) is 15.8 Å². The second kappa shape index (κ2) is 7.40. The summed E-state index contributed by atoms with van der Waals surface area (Å²) in [6.45, 7) is 5.89. The number of benzene rings is 1. The number of aromatic nitrogens is 3. The Morgan fingerprint density at radius 1 is 1.33 bits per heavy atom. The maximum atomic E-state index is 13.1. The van der Waals surface area contributed by atoms with E-state index >= 15 is 0 Å². The molecule has 0 unspecified atom stereocenters. The molecule has 2 aromatic heterocycles. The summed E-state index contributed by atoms with van der Waals surface area (Å²) in [4.78, 5) is 19.5. The van der Waals surface area contributed by atoms with Crippen LogP contribution in [0.2, 0.25) is 0 Å². The monoisotopic (exact) mass is 384 g/mol. The van der Waals surface area contributed by atoms with Crippen LogP contribution in [0.3, 0.4) is 0 Å². The van der Waals surface area contributed by atoms with E-state index in [9.17, 15) is 4.79 Å². The quantitative estimate of drug-likeness (QED) is 0.676. The SMILES string of the molecule is Cc1cc(C)c2nc(N(CCn3cccn3)C(=O)C3=COCCO3)sc2c1. The van der Waals surface area contributed by atoms with Crippen molar-refractivity contribution in [2.45, 2.75) is 20.4 Å². The van der Waals surface area contributed by atoms with Gasteiger partial charge in [-0.05, 0) is 37.1 Å². The van der Waals surface area contributed by atoms with Gasteiger partial charge in [0.25, 0.3) is 5.91 Å². The van der Waals surface area contributed by atoms with Crippen molar-refractivity contribution in [3.05, 3.63) is 53.7 Å². The summed E-state index contributed by atoms with van der Waals surface area (Å²) in [6, 6.07) is 6.05. The minimum atomic E-state index is -0.254. The summed E-state index contributed by atoms with van der Waals surface area (Å²) in [5.41, 5.74) is 3.20. The Labute approximate surface area is 160 Å². The molecular weight excluding hydrogens is 364 g/mol. The van der Waals surface area contributed by atoms with Crippen molar-refractivity contribution in [3.8, 4) is 0 Å². The van der Waals surface area contributed by atoms with Crippen LogP contribution in [0.4, 0.5) is 5.13 Å². The molecule has 27 heavy (non-hydrogen) atoms. The Kier molecular flexibility index (Phi) is 4.81. The van der Waals surface area contributed by atoms with Crippen LogP contribution in [-0.4, -0.2) is 40.4 Å². The van der Waals surface area contributed by atoms with Gasteiger partial charge in [0.2, 0.25) is 5.76 Å². The molecule has 0 saturated heterocycles. The number of fused-ring (bicyclic) bond motifs is 1. The molecule has 4 rings (SSSR count). The first-order chi connectivity index (χ1) is 13.1. The number of hydrogen-bond acceptors (Lipinski definition) is 6. The van der Waals surface area contributed by atoms with Gasteiger partial charge in [-0.2, -0.15) is 5.10 Å². The molecule has 7 nitrogen and oxygen atoms in total. The zero-order valence-corrected chi connectivity index (χ0v) is 16.0. The fourth-order valence-electron chi connectivity index (χ4n) is 3.01. The fourth-order valence-corrected chi connectivity index (χ4v) is 4.17. The van der Waals surface area contributed by atoms with Crippen LogP contribution < -0.4 is 4.90 Å². The van der Waals surface area contributed by atoms with Crippen LogP contribution in [0.1, 0.15) is 11.1 Å². The van der Waals surface area contributed by atoms with Crippen LogP contribution in [0.15, 0.2) is 42.6 Å². The molecule has 1 aliphatic heterocycles. The lowest BCUT2D eigenvalue weighted by molar-refractivity contribution is -0.119. The van der Waals surface area contributed by atoms with Gasteiger partial charge in [0.15, 0.2) is 5.13 Å². The Bertz CT molecular complexity index is 994. The van der Waals surface area contributed by atoms with Gasteiger partial charge in [-0.1, -0.05) is 17.4 Å². The van der Waals surface area contributed by atoms with E-state index < -0.39 is 0 Å². The Morgan fingerprint density at radius 2 is 2.22 bits per heavy atom. The number of carbonyl (C=O) groups excluding carboxylic acids is 1. The number of thiazole rings is 1. The molecule has 0 spiro atoms. The van der Waals surface area contributed by atoms with Gasteiger partial charge in [-0.25, -0.2) is 4.98 Å². The standard InChI is InChI=1S/C19H20N4O3S/c1-13-10-14(2)17-16(11-13)27-19(21-17)23(7-6-22-5-3-4-20-22)18(24)15-12-25-8-9-26-15/h3-5,10-12H,6-9H2,1-2H3. The summed E-state index contributed by atoms with van der Waals surface area (Å²) in [7, 11) is 0. The van der Waals surface area contributed by atoms with E-state index in [1.165, 1.54) is 23.2 Å². The largest absolute Gasteiger partial charge is 0.494 e. The van der Waals surface area contributed by atoms with Crippen molar-refractivity contribution >= 4 is 32.6 Å². The summed E-state index contributed by atoms with van der Waals surface area (Å²) < 4.78 is 13.6. The third kappa shape index (κ3) is 3.66.